The number of aliphatic carboxylic acids is 2. The highest BCUT2D eigenvalue weighted by Gasteiger charge is 2.38. The van der Waals surface area contributed by atoms with Gasteiger partial charge in [-0.25, -0.2) is 9.59 Å². The van der Waals surface area contributed by atoms with Crippen molar-refractivity contribution >= 4 is 17.8 Å². The Hall–Kier alpha value is -2.87. The van der Waals surface area contributed by atoms with Crippen molar-refractivity contribution in [3.05, 3.63) is 11.9 Å². The molecule has 0 fully saturated rings. The number of hydrogen-bond acceptors (Lipinski definition) is 5. The third-order valence-corrected chi connectivity index (χ3v) is 1.18. The minimum absolute atomic E-state index is 0.0706. The number of carboxylic acids is 2. The number of nitrogens with zero attached hydrogens (tertiary/aromatic N) is 2. The Balaban J connectivity index is 0. The molecule has 9 nitrogen and oxygen atoms in total. The van der Waals surface area contributed by atoms with E-state index >= 15 is 0 Å². The van der Waals surface area contributed by atoms with Crippen LogP contribution in [0.4, 0.5) is 26.3 Å². The number of nitrogen functional groups attached to an aromatic ring is 1. The second-order valence-electron chi connectivity index (χ2n) is 2.87. The maximum absolute atomic E-state index is 10.6. The van der Waals surface area contributed by atoms with Crippen LogP contribution in [0.15, 0.2) is 6.20 Å². The van der Waals surface area contributed by atoms with E-state index in [0.717, 1.165) is 0 Å². The lowest BCUT2D eigenvalue weighted by Crippen LogP contribution is -2.21. The van der Waals surface area contributed by atoms with Crippen molar-refractivity contribution < 1.29 is 46.1 Å². The predicted octanol–water partition coefficient (Wildman–Crippen LogP) is 0.355. The van der Waals surface area contributed by atoms with Crippen LogP contribution in [0.5, 0.6) is 0 Å². The summed E-state index contributed by atoms with van der Waals surface area (Å²) in [5.41, 5.74) is 5.40. The van der Waals surface area contributed by atoms with Gasteiger partial charge < -0.3 is 15.9 Å². The molecule has 0 saturated heterocycles. The highest BCUT2D eigenvalue weighted by atomic mass is 19.4. The molecule has 1 aromatic rings. The summed E-state index contributed by atoms with van der Waals surface area (Å²) in [6.07, 6.45) is -8.78. The van der Waals surface area contributed by atoms with Gasteiger partial charge in [-0.15, -0.1) is 0 Å². The standard InChI is InChI=1S/C3H5N5.2C2HF3O2/c4-3(5)2-1-6-8-7-2;2*3-2(4,5)1(6)7/h1H,(H3,4,5)(H,6,7,8);2*(H,6,7). The lowest BCUT2D eigenvalue weighted by molar-refractivity contribution is -0.193. The summed E-state index contributed by atoms with van der Waals surface area (Å²) in [6, 6.07) is 0. The monoisotopic (exact) mass is 339 g/mol. The fourth-order valence-corrected chi connectivity index (χ4v) is 0.331. The number of nitrogens with one attached hydrogen (secondary N) is 2. The van der Waals surface area contributed by atoms with Crippen LogP contribution in [-0.2, 0) is 9.59 Å². The molecule has 1 rings (SSSR count). The summed E-state index contributed by atoms with van der Waals surface area (Å²) in [4.78, 5) is 17.8. The number of amidine groups is 1. The van der Waals surface area contributed by atoms with E-state index in [1.54, 1.807) is 0 Å². The maximum atomic E-state index is 10.6. The van der Waals surface area contributed by atoms with E-state index in [2.05, 4.69) is 15.4 Å². The second kappa shape index (κ2) is 8.42. The van der Waals surface area contributed by atoms with Gasteiger partial charge in [-0.3, -0.25) is 5.41 Å². The van der Waals surface area contributed by atoms with Gasteiger partial charge in [0.05, 0.1) is 6.20 Å². The van der Waals surface area contributed by atoms with Crippen LogP contribution in [-0.4, -0.2) is 55.8 Å². The molecule has 22 heavy (non-hydrogen) atoms. The van der Waals surface area contributed by atoms with Gasteiger partial charge in [0, 0.05) is 0 Å². The number of alkyl halides is 6. The zero-order valence-corrected chi connectivity index (χ0v) is 10.0. The third-order valence-electron chi connectivity index (χ3n) is 1.18. The Kier molecular flexibility index (Phi) is 8.21. The van der Waals surface area contributed by atoms with Gasteiger partial charge in [-0.2, -0.15) is 41.8 Å². The molecule has 15 heteroatoms. The molecular formula is C7H7F6N5O4. The third kappa shape index (κ3) is 11.0. The lowest BCUT2D eigenvalue weighted by Gasteiger charge is -1.93. The highest BCUT2D eigenvalue weighted by Crippen LogP contribution is 2.13. The zero-order valence-electron chi connectivity index (χ0n) is 10.0. The highest BCUT2D eigenvalue weighted by molar-refractivity contribution is 5.92. The molecule has 0 aliphatic heterocycles. The largest absolute Gasteiger partial charge is 0.490 e. The smallest absolute Gasteiger partial charge is 0.475 e. The van der Waals surface area contributed by atoms with E-state index in [1.807, 2.05) is 0 Å². The van der Waals surface area contributed by atoms with Gasteiger partial charge in [0.25, 0.3) is 0 Å². The van der Waals surface area contributed by atoms with E-state index in [0.29, 0.717) is 5.69 Å². The van der Waals surface area contributed by atoms with E-state index < -0.39 is 24.3 Å². The first-order valence-corrected chi connectivity index (χ1v) is 4.50. The van der Waals surface area contributed by atoms with Crippen molar-refractivity contribution in [1.29, 1.82) is 5.41 Å². The number of carbonyl (C=O) groups is 2. The lowest BCUT2D eigenvalue weighted by atomic mass is 10.5. The van der Waals surface area contributed by atoms with Crippen LogP contribution in [0.2, 0.25) is 0 Å². The number of H-pyrrole nitrogens is 1. The maximum Gasteiger partial charge on any atom is 0.490 e. The van der Waals surface area contributed by atoms with Crippen molar-refractivity contribution in [2.45, 2.75) is 12.4 Å². The topological polar surface area (TPSA) is 166 Å². The molecule has 0 aliphatic rings. The van der Waals surface area contributed by atoms with Gasteiger partial charge in [-0.05, 0) is 0 Å². The van der Waals surface area contributed by atoms with Gasteiger partial charge in [0.15, 0.2) is 0 Å². The molecule has 6 N–H and O–H groups in total. The fraction of sp³-hybridized carbons (Fsp3) is 0.286. The Morgan fingerprint density at radius 2 is 1.41 bits per heavy atom. The Morgan fingerprint density at radius 1 is 1.09 bits per heavy atom. The first kappa shape index (κ1) is 21.4. The number of hydrogen-bond donors (Lipinski definition) is 5. The van der Waals surface area contributed by atoms with Crippen LogP contribution in [0.25, 0.3) is 0 Å². The molecule has 1 heterocycles. The summed E-state index contributed by atoms with van der Waals surface area (Å²) in [5.74, 6) is -5.58. The minimum atomic E-state index is -5.08. The molecule has 0 aliphatic carbocycles. The fourth-order valence-electron chi connectivity index (χ4n) is 0.331. The van der Waals surface area contributed by atoms with E-state index in [1.165, 1.54) is 6.20 Å². The van der Waals surface area contributed by atoms with Crippen molar-refractivity contribution in [2.75, 3.05) is 0 Å². The van der Waals surface area contributed by atoms with Gasteiger partial charge >= 0.3 is 24.3 Å². The van der Waals surface area contributed by atoms with Gasteiger partial charge in [0.2, 0.25) is 0 Å². The molecule has 0 radical (unpaired) electrons. The summed E-state index contributed by atoms with van der Waals surface area (Å²) >= 11 is 0. The molecule has 1 aromatic heterocycles. The number of aromatic nitrogens is 3. The number of halogens is 6. The molecule has 0 aromatic carbocycles. The quantitative estimate of drug-likeness (QED) is 0.280. The normalized spacial score (nSPS) is 10.5. The van der Waals surface area contributed by atoms with Gasteiger partial charge in [0.1, 0.15) is 11.5 Å². The molecule has 0 saturated carbocycles. The summed E-state index contributed by atoms with van der Waals surface area (Å²) < 4.78 is 63.5. The molecule has 126 valence electrons. The average molecular weight is 339 g/mol. The van der Waals surface area contributed by atoms with E-state index in [-0.39, 0.29) is 5.84 Å². The first-order valence-electron chi connectivity index (χ1n) is 4.50. The summed E-state index contributed by atoms with van der Waals surface area (Å²) in [6.45, 7) is 0. The zero-order chi connectivity index (χ0) is 18.1. The molecule has 0 bridgehead atoms. The van der Waals surface area contributed by atoms with Crippen molar-refractivity contribution in [3.63, 3.8) is 0 Å². The summed E-state index contributed by atoms with van der Waals surface area (Å²) in [5, 5.41) is 30.4. The number of nitrogens with two attached hydrogens (primary N) is 1. The van der Waals surface area contributed by atoms with Crippen LogP contribution in [0.3, 0.4) is 0 Å². The van der Waals surface area contributed by atoms with E-state index in [4.69, 9.17) is 30.9 Å². The number of rotatable bonds is 1. The number of carboxylic acid groups (broad SMARTS) is 2. The molecule has 0 unspecified atom stereocenters. The second-order valence-corrected chi connectivity index (χ2v) is 2.87. The molecule has 0 spiro atoms. The van der Waals surface area contributed by atoms with Gasteiger partial charge in [-0.1, -0.05) is 0 Å². The van der Waals surface area contributed by atoms with Crippen molar-refractivity contribution in [2.24, 2.45) is 5.73 Å². The minimum Gasteiger partial charge on any atom is -0.475 e. The molecule has 0 atom stereocenters. The van der Waals surface area contributed by atoms with Crippen LogP contribution in [0.1, 0.15) is 5.69 Å². The average Bonchev–Trinajstić information content (AvgIpc) is 2.81. The predicted molar refractivity (Wildman–Crippen MR) is 54.8 cm³/mol. The van der Waals surface area contributed by atoms with E-state index in [9.17, 15) is 26.3 Å². The Bertz CT molecular complexity index is 472. The van der Waals surface area contributed by atoms with Crippen LogP contribution >= 0.6 is 0 Å². The SMILES string of the molecule is N=C(N)c1cn[nH]n1.O=C(O)C(F)(F)F.O=C(O)C(F)(F)F. The Morgan fingerprint density at radius 3 is 1.50 bits per heavy atom. The summed E-state index contributed by atoms with van der Waals surface area (Å²) in [7, 11) is 0. The van der Waals surface area contributed by atoms with Crippen LogP contribution in [0, 0.1) is 5.41 Å². The molecular weight excluding hydrogens is 332 g/mol. The van der Waals surface area contributed by atoms with Crippen LogP contribution < -0.4 is 5.73 Å². The number of aromatic amines is 1. The van der Waals surface area contributed by atoms with Crippen molar-refractivity contribution in [3.8, 4) is 0 Å². The first-order chi connectivity index (χ1) is 9.69. The Labute approximate surface area is 116 Å². The molecule has 0 amide bonds. The van der Waals surface area contributed by atoms with Crippen molar-refractivity contribution in [1.82, 2.24) is 15.4 Å².